The van der Waals surface area contributed by atoms with Crippen molar-refractivity contribution in [2.45, 2.75) is 92.4 Å². The zero-order valence-electron chi connectivity index (χ0n) is 43.8. The van der Waals surface area contributed by atoms with Gasteiger partial charge in [-0.15, -0.1) is 0 Å². The molecule has 83 heavy (non-hydrogen) atoms. The van der Waals surface area contributed by atoms with Gasteiger partial charge >= 0.3 is 29.3 Å². The van der Waals surface area contributed by atoms with E-state index in [1.165, 1.54) is 74.9 Å². The van der Waals surface area contributed by atoms with Crippen LogP contribution in [0.5, 0.6) is 51.7 Å². The predicted octanol–water partition coefficient (Wildman–Crippen LogP) is 0.774. The van der Waals surface area contributed by atoms with Gasteiger partial charge in [-0.05, 0) is 59.7 Å². The Labute approximate surface area is 469 Å². The summed E-state index contributed by atoms with van der Waals surface area (Å²) in [7, 11) is 2.57. The first-order valence-corrected chi connectivity index (χ1v) is 25.2. The minimum Gasteiger partial charge on any atom is -0.508 e. The third-order valence-electron chi connectivity index (χ3n) is 13.2. The van der Waals surface area contributed by atoms with Gasteiger partial charge in [0.2, 0.25) is 24.1 Å². The molecule has 0 amide bonds. The number of aliphatic carboxylic acids is 1. The molecule has 0 aliphatic carbocycles. The molecule has 0 spiro atoms. The number of aliphatic hydroxyl groups is 7. The number of phenols is 5. The standard InChI is InChI=1S/C55H58O28/c1-72-35-15-25(16-36(73-2)44(35)66)6-12-42(64)82-51-43(65)32(60)21-76-54(51)83-52-48(70)46(68)39(23-75-41(63)11-5-24-3-8-27(56)9-4-24)81-55(52)79-37-20-29-33(77-50(37)26-7-10-30(58)31(59)17-26)18-28(57)19-34(29)78-53-49(71)47(69)45(67)38(80-53)22-74-14-13-40(61)62/h3-12,15-20,32,38-39,43,45-49,51-55,60,65,67-71H,13-14,21-23H2,1-2H3,(H5-,56,57,58,59,61,62,63,64,66)/p+1/t32-,38-,39-,43+,45-,46-,47+,48+,49-,51-,52-,53-,54+,55-/m1/s1. The quantitative estimate of drug-likeness (QED) is 0.0159. The number of benzene rings is 4. The van der Waals surface area contributed by atoms with E-state index in [1.807, 2.05) is 0 Å². The van der Waals surface area contributed by atoms with Crippen molar-refractivity contribution in [2.24, 2.45) is 0 Å². The Hall–Kier alpha value is -8.10. The third-order valence-corrected chi connectivity index (χ3v) is 13.2. The van der Waals surface area contributed by atoms with Crippen molar-refractivity contribution in [1.29, 1.82) is 0 Å². The van der Waals surface area contributed by atoms with E-state index in [0.29, 0.717) is 5.56 Å². The molecule has 1 aromatic heterocycles. The summed E-state index contributed by atoms with van der Waals surface area (Å²) >= 11 is 0. The van der Waals surface area contributed by atoms with Gasteiger partial charge in [0.05, 0.1) is 52.1 Å². The highest BCUT2D eigenvalue weighted by Crippen LogP contribution is 2.44. The molecule has 3 saturated heterocycles. The molecule has 446 valence electrons. The normalized spacial score (nSPS) is 27.3. The second kappa shape index (κ2) is 26.9. The fraction of sp³-hybridized carbons (Fsp3) is 0.382. The van der Waals surface area contributed by atoms with Crippen molar-refractivity contribution in [1.82, 2.24) is 0 Å². The van der Waals surface area contributed by atoms with E-state index in [9.17, 15) is 75.7 Å². The first-order chi connectivity index (χ1) is 39.6. The molecule has 0 bridgehead atoms. The maximum atomic E-state index is 13.5. The van der Waals surface area contributed by atoms with Gasteiger partial charge in [0.25, 0.3) is 0 Å². The van der Waals surface area contributed by atoms with Crippen LogP contribution in [0.1, 0.15) is 17.5 Å². The minimum absolute atomic E-state index is 0.0108. The van der Waals surface area contributed by atoms with Gasteiger partial charge in [-0.2, -0.15) is 0 Å². The number of carbonyl (C=O) groups is 3. The first-order valence-electron chi connectivity index (χ1n) is 25.2. The maximum absolute atomic E-state index is 13.5. The Morgan fingerprint density at radius 2 is 1.27 bits per heavy atom. The lowest BCUT2D eigenvalue weighted by Crippen LogP contribution is -2.64. The predicted molar refractivity (Wildman–Crippen MR) is 278 cm³/mol. The average molecular weight is 1170 g/mol. The fourth-order valence-corrected chi connectivity index (χ4v) is 8.74. The fourth-order valence-electron chi connectivity index (χ4n) is 8.74. The minimum atomic E-state index is -2.14. The molecule has 28 heteroatoms. The molecule has 3 aliphatic heterocycles. The molecule has 4 aromatic carbocycles. The van der Waals surface area contributed by atoms with E-state index in [1.54, 1.807) is 0 Å². The zero-order valence-corrected chi connectivity index (χ0v) is 43.8. The summed E-state index contributed by atoms with van der Waals surface area (Å²) in [6, 6.07) is 15.2. The number of aliphatic hydroxyl groups excluding tert-OH is 7. The highest BCUT2D eigenvalue weighted by atomic mass is 16.8. The van der Waals surface area contributed by atoms with E-state index < -0.39 is 153 Å². The molecule has 4 heterocycles. The average Bonchev–Trinajstić information content (AvgIpc) is 3.59. The Bertz CT molecular complexity index is 3120. The van der Waals surface area contributed by atoms with Gasteiger partial charge in [-0.3, -0.25) is 4.79 Å². The summed E-state index contributed by atoms with van der Waals surface area (Å²) in [5, 5.41) is 139. The van der Waals surface area contributed by atoms with Gasteiger partial charge in [0, 0.05) is 30.4 Å². The van der Waals surface area contributed by atoms with Crippen LogP contribution in [0, 0.1) is 0 Å². The largest absolute Gasteiger partial charge is 0.508 e. The van der Waals surface area contributed by atoms with Crippen LogP contribution in [-0.2, 0) is 47.5 Å². The molecule has 3 fully saturated rings. The van der Waals surface area contributed by atoms with Crippen LogP contribution in [0.25, 0.3) is 34.4 Å². The highest BCUT2D eigenvalue weighted by Gasteiger charge is 2.52. The van der Waals surface area contributed by atoms with Crippen LogP contribution in [0.3, 0.4) is 0 Å². The lowest BCUT2D eigenvalue weighted by molar-refractivity contribution is -0.345. The zero-order chi connectivity index (χ0) is 59.8. The summed E-state index contributed by atoms with van der Waals surface area (Å²) in [5.41, 5.74) is 0.490. The topological polar surface area (TPSA) is 427 Å². The molecule has 8 rings (SSSR count). The van der Waals surface area contributed by atoms with Crippen molar-refractivity contribution in [3.63, 3.8) is 0 Å². The molecule has 13 N–H and O–H groups in total. The Morgan fingerprint density at radius 3 is 1.95 bits per heavy atom. The number of hydrogen-bond donors (Lipinski definition) is 13. The van der Waals surface area contributed by atoms with Gasteiger partial charge in [-0.25, -0.2) is 14.0 Å². The molecule has 28 nitrogen and oxygen atoms in total. The third kappa shape index (κ3) is 14.6. The Morgan fingerprint density at radius 1 is 0.614 bits per heavy atom. The summed E-state index contributed by atoms with van der Waals surface area (Å²) < 4.78 is 69.3. The smallest absolute Gasteiger partial charge is 0.402 e. The van der Waals surface area contributed by atoms with E-state index in [-0.39, 0.29) is 63.2 Å². The van der Waals surface area contributed by atoms with Crippen molar-refractivity contribution < 1.29 is 137 Å². The van der Waals surface area contributed by atoms with Gasteiger partial charge < -0.3 is 118 Å². The number of carbonyl (C=O) groups excluding carboxylic acids is 2. The lowest BCUT2D eigenvalue weighted by Gasteiger charge is -2.45. The van der Waals surface area contributed by atoms with E-state index >= 15 is 0 Å². The van der Waals surface area contributed by atoms with Crippen LogP contribution >= 0.6 is 0 Å². The van der Waals surface area contributed by atoms with Crippen molar-refractivity contribution in [2.75, 3.05) is 40.6 Å². The van der Waals surface area contributed by atoms with Crippen molar-refractivity contribution >= 4 is 41.0 Å². The molecular weight excluding hydrogens is 1110 g/mol. The van der Waals surface area contributed by atoms with E-state index in [4.69, 9.17) is 61.6 Å². The van der Waals surface area contributed by atoms with Crippen LogP contribution in [0.4, 0.5) is 0 Å². The number of rotatable bonds is 21. The SMILES string of the molecule is COc1cc(C=CC(=O)O[C@H]2[C@H](O[C@H]3[C@H](Oc4cc5c(O[C@@H]6O[C@H](COCCC(=O)O)[C@@H](O)[C@H](O)[C@H]6O)cc(O)cc5[o+]c4-c4ccc(O)c(O)c4)O[C@H](COC(=O)C=Cc4ccc(O)cc4)[C@@H](O)[C@@H]3O)OC[C@@H](O)[C@@H]2O)cc(OC)c1O. The monoisotopic (exact) mass is 1170 g/mol. The van der Waals surface area contributed by atoms with Crippen LogP contribution < -0.4 is 18.9 Å². The number of carboxylic acids is 1. The molecular formula is C55H59O28+. The summed E-state index contributed by atoms with van der Waals surface area (Å²) in [6.07, 6.45) is -22.2. The van der Waals surface area contributed by atoms with Gasteiger partial charge in [0.1, 0.15) is 84.2 Å². The number of carboxylic acid groups (broad SMARTS) is 1. The molecule has 0 radical (unpaired) electrons. The maximum Gasteiger partial charge on any atom is 0.402 e. The number of aromatic hydroxyl groups is 5. The highest BCUT2D eigenvalue weighted by molar-refractivity contribution is 5.90. The Kier molecular flexibility index (Phi) is 19.7. The summed E-state index contributed by atoms with van der Waals surface area (Å²) in [6.45, 7) is -2.23. The molecule has 3 aliphatic rings. The summed E-state index contributed by atoms with van der Waals surface area (Å²) in [5.74, 6) is -6.58. The molecule has 5 aromatic rings. The number of methoxy groups -OCH3 is 2. The summed E-state index contributed by atoms with van der Waals surface area (Å²) in [4.78, 5) is 37.5. The first kappa shape index (κ1) is 61.0. The van der Waals surface area contributed by atoms with Crippen molar-refractivity contribution in [3.8, 4) is 63.1 Å². The number of phenolic OH excluding ortho intramolecular Hbond substituents is 5. The Balaban J connectivity index is 1.15. The van der Waals surface area contributed by atoms with E-state index in [0.717, 1.165) is 36.4 Å². The van der Waals surface area contributed by atoms with Crippen molar-refractivity contribution in [3.05, 3.63) is 96.1 Å². The second-order valence-corrected chi connectivity index (χ2v) is 18.9. The van der Waals surface area contributed by atoms with Crippen LogP contribution in [0.2, 0.25) is 0 Å². The van der Waals surface area contributed by atoms with Gasteiger partial charge in [-0.1, -0.05) is 12.1 Å². The molecule has 14 atom stereocenters. The van der Waals surface area contributed by atoms with E-state index in [2.05, 4.69) is 0 Å². The molecule has 0 unspecified atom stereocenters. The number of fused-ring (bicyclic) bond motifs is 1. The van der Waals surface area contributed by atoms with Crippen LogP contribution in [0.15, 0.2) is 89.4 Å². The molecule has 0 saturated carbocycles. The lowest BCUT2D eigenvalue weighted by atomic mass is 9.98. The number of esters is 2. The number of hydrogen-bond acceptors (Lipinski definition) is 26. The number of ether oxygens (including phenoxy) is 11. The van der Waals surface area contributed by atoms with Gasteiger partial charge in [0.15, 0.2) is 41.5 Å². The van der Waals surface area contributed by atoms with Crippen LogP contribution in [-0.4, -0.2) is 211 Å². The second-order valence-electron chi connectivity index (χ2n) is 18.9.